The molecular formula is C14H27N5. The van der Waals surface area contributed by atoms with Crippen LogP contribution in [0.3, 0.4) is 0 Å². The van der Waals surface area contributed by atoms with E-state index in [1.165, 1.54) is 32.4 Å². The molecule has 2 rings (SSSR count). The predicted molar refractivity (Wildman–Crippen MR) is 80.4 cm³/mol. The average molecular weight is 265 g/mol. The number of aryl methyl sites for hydroxylation is 2. The summed E-state index contributed by atoms with van der Waals surface area (Å²) < 4.78 is 1.86. The van der Waals surface area contributed by atoms with Gasteiger partial charge in [0.15, 0.2) is 0 Å². The molecular weight excluding hydrogens is 238 g/mol. The Morgan fingerprint density at radius 3 is 2.58 bits per heavy atom. The molecule has 1 aliphatic heterocycles. The maximum absolute atomic E-state index is 6.14. The van der Waals surface area contributed by atoms with Gasteiger partial charge in [-0.15, -0.1) is 0 Å². The van der Waals surface area contributed by atoms with Crippen LogP contribution in [-0.2, 0) is 13.5 Å². The first-order valence-corrected chi connectivity index (χ1v) is 7.42. The van der Waals surface area contributed by atoms with Gasteiger partial charge in [-0.25, -0.2) is 0 Å². The van der Waals surface area contributed by atoms with Gasteiger partial charge in [-0.2, -0.15) is 5.10 Å². The Morgan fingerprint density at radius 1 is 1.32 bits per heavy atom. The summed E-state index contributed by atoms with van der Waals surface area (Å²) in [5, 5.41) is 7.96. The molecule has 19 heavy (non-hydrogen) atoms. The van der Waals surface area contributed by atoms with Crippen LogP contribution in [0.2, 0.25) is 0 Å². The minimum atomic E-state index is 0.389. The molecule has 0 bridgehead atoms. The lowest BCUT2D eigenvalue weighted by atomic mass is 10.1. The van der Waals surface area contributed by atoms with Crippen molar-refractivity contribution in [1.29, 1.82) is 0 Å². The predicted octanol–water partition coefficient (Wildman–Crippen LogP) is 1.85. The van der Waals surface area contributed by atoms with Crippen molar-refractivity contribution in [1.82, 2.24) is 14.7 Å². The zero-order valence-electron chi connectivity index (χ0n) is 12.4. The van der Waals surface area contributed by atoms with Gasteiger partial charge in [-0.1, -0.05) is 13.3 Å². The summed E-state index contributed by atoms with van der Waals surface area (Å²) in [6, 6.07) is 0.389. The van der Waals surface area contributed by atoms with Gasteiger partial charge >= 0.3 is 0 Å². The van der Waals surface area contributed by atoms with Gasteiger partial charge in [0.25, 0.3) is 0 Å². The molecule has 3 N–H and O–H groups in total. The van der Waals surface area contributed by atoms with Gasteiger partial charge < -0.3 is 16.0 Å². The summed E-state index contributed by atoms with van der Waals surface area (Å²) in [6.45, 7) is 7.83. The van der Waals surface area contributed by atoms with Crippen molar-refractivity contribution in [2.24, 2.45) is 7.05 Å². The Morgan fingerprint density at radius 2 is 2.00 bits per heavy atom. The van der Waals surface area contributed by atoms with Crippen molar-refractivity contribution in [3.63, 3.8) is 0 Å². The molecule has 0 saturated carbocycles. The van der Waals surface area contributed by atoms with E-state index in [0.717, 1.165) is 30.2 Å². The number of piperidine rings is 1. The fraction of sp³-hybridized carbons (Fsp3) is 0.786. The lowest BCUT2D eigenvalue weighted by molar-refractivity contribution is 0.223. The summed E-state index contributed by atoms with van der Waals surface area (Å²) >= 11 is 0. The maximum atomic E-state index is 6.14. The molecule has 5 nitrogen and oxygen atoms in total. The number of aromatic nitrogens is 2. The van der Waals surface area contributed by atoms with Crippen molar-refractivity contribution >= 4 is 11.5 Å². The van der Waals surface area contributed by atoms with Gasteiger partial charge in [0, 0.05) is 19.6 Å². The summed E-state index contributed by atoms with van der Waals surface area (Å²) in [6.07, 6.45) is 4.93. The number of hydrogen-bond acceptors (Lipinski definition) is 4. The van der Waals surface area contributed by atoms with Crippen LogP contribution in [-0.4, -0.2) is 40.4 Å². The Kier molecular flexibility index (Phi) is 4.69. The van der Waals surface area contributed by atoms with Crippen LogP contribution in [0.5, 0.6) is 0 Å². The Hall–Kier alpha value is -1.23. The molecule has 1 fully saturated rings. The van der Waals surface area contributed by atoms with Gasteiger partial charge in [-0.05, 0) is 39.3 Å². The lowest BCUT2D eigenvalue weighted by Crippen LogP contribution is -2.38. The molecule has 1 saturated heterocycles. The minimum absolute atomic E-state index is 0.389. The van der Waals surface area contributed by atoms with E-state index in [1.54, 1.807) is 0 Å². The number of nitrogens with two attached hydrogens (primary N) is 1. The van der Waals surface area contributed by atoms with E-state index >= 15 is 0 Å². The third-order valence-electron chi connectivity index (χ3n) is 3.86. The van der Waals surface area contributed by atoms with E-state index in [-0.39, 0.29) is 0 Å². The van der Waals surface area contributed by atoms with Crippen molar-refractivity contribution in [3.8, 4) is 0 Å². The molecule has 0 aromatic carbocycles. The van der Waals surface area contributed by atoms with E-state index in [0.29, 0.717) is 6.04 Å². The number of hydrogen-bond donors (Lipinski definition) is 2. The average Bonchev–Trinajstić information content (AvgIpc) is 2.67. The Labute approximate surface area is 116 Å². The molecule has 0 aliphatic carbocycles. The molecule has 5 heteroatoms. The number of likely N-dealkylation sites (tertiary alicyclic amines) is 1. The monoisotopic (exact) mass is 265 g/mol. The highest BCUT2D eigenvalue weighted by Crippen LogP contribution is 2.23. The second-order valence-corrected chi connectivity index (χ2v) is 5.59. The highest BCUT2D eigenvalue weighted by Gasteiger charge is 2.17. The van der Waals surface area contributed by atoms with Gasteiger partial charge in [0.05, 0.1) is 11.4 Å². The topological polar surface area (TPSA) is 59.1 Å². The van der Waals surface area contributed by atoms with Gasteiger partial charge in [0.2, 0.25) is 0 Å². The van der Waals surface area contributed by atoms with Crippen molar-refractivity contribution < 1.29 is 0 Å². The van der Waals surface area contributed by atoms with Crippen LogP contribution in [0.25, 0.3) is 0 Å². The molecule has 0 spiro atoms. The summed E-state index contributed by atoms with van der Waals surface area (Å²) in [7, 11) is 1.95. The van der Waals surface area contributed by atoms with Crippen molar-refractivity contribution in [2.45, 2.75) is 45.6 Å². The quantitative estimate of drug-likeness (QED) is 0.853. The molecule has 1 aromatic heterocycles. The smallest absolute Gasteiger partial charge is 0.148 e. The van der Waals surface area contributed by atoms with Gasteiger partial charge in [-0.3, -0.25) is 4.68 Å². The maximum Gasteiger partial charge on any atom is 0.148 e. The van der Waals surface area contributed by atoms with Crippen molar-refractivity contribution in [2.75, 3.05) is 30.7 Å². The number of nitrogens with one attached hydrogen (secondary N) is 1. The zero-order chi connectivity index (χ0) is 13.8. The fourth-order valence-electron chi connectivity index (χ4n) is 2.84. The summed E-state index contributed by atoms with van der Waals surface area (Å²) in [5.41, 5.74) is 7.92. The standard InChI is InChI=1S/C14H27N5/c1-4-12-13(15)14(18(3)17-12)16-11(2)10-19-8-6-5-7-9-19/h11,16H,4-10,15H2,1-3H3. The number of nitrogens with zero attached hydrogens (tertiary/aromatic N) is 3. The fourth-order valence-corrected chi connectivity index (χ4v) is 2.84. The van der Waals surface area contributed by atoms with Crippen molar-refractivity contribution in [3.05, 3.63) is 5.69 Å². The number of nitrogen functional groups attached to an aromatic ring is 1. The highest BCUT2D eigenvalue weighted by molar-refractivity contribution is 5.65. The molecule has 0 radical (unpaired) electrons. The minimum Gasteiger partial charge on any atom is -0.394 e. The van der Waals surface area contributed by atoms with E-state index < -0.39 is 0 Å². The third-order valence-corrected chi connectivity index (χ3v) is 3.86. The Balaban J connectivity index is 1.94. The van der Waals surface area contributed by atoms with E-state index in [1.807, 2.05) is 11.7 Å². The second-order valence-electron chi connectivity index (χ2n) is 5.59. The molecule has 1 aliphatic rings. The lowest BCUT2D eigenvalue weighted by Gasteiger charge is -2.29. The number of anilines is 2. The van der Waals surface area contributed by atoms with Gasteiger partial charge in [0.1, 0.15) is 5.82 Å². The normalized spacial score (nSPS) is 18.5. The van der Waals surface area contributed by atoms with E-state index in [2.05, 4.69) is 29.2 Å². The first-order chi connectivity index (χ1) is 9.11. The largest absolute Gasteiger partial charge is 0.394 e. The number of rotatable bonds is 5. The second kappa shape index (κ2) is 6.28. The highest BCUT2D eigenvalue weighted by atomic mass is 15.3. The van der Waals surface area contributed by atoms with Crippen LogP contribution in [0.4, 0.5) is 11.5 Å². The van der Waals surface area contributed by atoms with Crippen LogP contribution < -0.4 is 11.1 Å². The first kappa shape index (κ1) is 14.2. The molecule has 1 atom stereocenters. The SMILES string of the molecule is CCc1nn(C)c(NC(C)CN2CCCCC2)c1N. The van der Waals surface area contributed by atoms with E-state index in [9.17, 15) is 0 Å². The molecule has 0 amide bonds. The molecule has 1 aromatic rings. The molecule has 2 heterocycles. The van der Waals surface area contributed by atoms with Crippen LogP contribution in [0.1, 0.15) is 38.8 Å². The van der Waals surface area contributed by atoms with Crippen LogP contribution >= 0.6 is 0 Å². The first-order valence-electron chi connectivity index (χ1n) is 7.42. The zero-order valence-corrected chi connectivity index (χ0v) is 12.4. The summed E-state index contributed by atoms with van der Waals surface area (Å²) in [5.74, 6) is 0.960. The summed E-state index contributed by atoms with van der Waals surface area (Å²) in [4.78, 5) is 2.54. The molecule has 108 valence electrons. The van der Waals surface area contributed by atoms with Crippen LogP contribution in [0, 0.1) is 0 Å². The Bertz CT molecular complexity index is 406. The third kappa shape index (κ3) is 3.41. The molecule has 1 unspecified atom stereocenters. The van der Waals surface area contributed by atoms with Crippen LogP contribution in [0.15, 0.2) is 0 Å². The van der Waals surface area contributed by atoms with E-state index in [4.69, 9.17) is 5.73 Å².